The molecule has 3 N–H and O–H groups in total. The molecular weight excluding hydrogens is 843 g/mol. The number of aromatic amines is 1. The van der Waals surface area contributed by atoms with Gasteiger partial charge in [-0.15, -0.1) is 0 Å². The molecule has 13 heteroatoms. The molecule has 0 unspecified atom stereocenters. The van der Waals surface area contributed by atoms with Gasteiger partial charge in [-0.3, -0.25) is 29.3 Å². The predicted molar refractivity (Wildman–Crippen MR) is 262 cm³/mol. The molecule has 3 aliphatic heterocycles. The van der Waals surface area contributed by atoms with Crippen molar-refractivity contribution in [1.82, 2.24) is 30.6 Å². The lowest BCUT2D eigenvalue weighted by Gasteiger charge is -2.36. The van der Waals surface area contributed by atoms with E-state index in [1.165, 1.54) is 29.2 Å². The molecule has 3 atom stereocenters. The van der Waals surface area contributed by atoms with Gasteiger partial charge in [-0.25, -0.2) is 10.2 Å². The Bertz CT molecular complexity index is 2580. The largest absolute Gasteiger partial charge is 0.464 e. The fraction of sp³-hybridized carbons (Fsp3) is 0.463. The third-order valence-corrected chi connectivity index (χ3v) is 13.5. The fourth-order valence-electron chi connectivity index (χ4n) is 9.92. The molecule has 0 radical (unpaired) electrons. The van der Waals surface area contributed by atoms with Gasteiger partial charge in [-0.2, -0.15) is 0 Å². The zero-order valence-corrected chi connectivity index (χ0v) is 40.2. The number of hydrogen-bond acceptors (Lipinski definition) is 9. The van der Waals surface area contributed by atoms with Gasteiger partial charge < -0.3 is 24.7 Å². The summed E-state index contributed by atoms with van der Waals surface area (Å²) in [5.74, 6) is -1.45. The van der Waals surface area contributed by atoms with Gasteiger partial charge in [-0.05, 0) is 96.4 Å². The van der Waals surface area contributed by atoms with E-state index in [-0.39, 0.29) is 37.4 Å². The summed E-state index contributed by atoms with van der Waals surface area (Å²) in [7, 11) is 1.54. The second kappa shape index (κ2) is 20.3. The number of likely N-dealkylation sites (N-methyl/N-ethyl adjacent to an activating group) is 1. The molecule has 3 aliphatic rings. The molecule has 6 bridgehead atoms. The SMILES string of the molecule is CC(C)c1ncc(N2CCCCC2)cc1-c1[nH]c2ccc3cc2c1CC(C)(C)COC(=O)[C@@H]1CCCN(N1)C(=O)[C@@H](NC(=O)[C@H](C(C)C)N(C)C(=O)OCc1ccccc1)Cc1cccc-3c1. The number of nitrogens with zero attached hydrogens (tertiary/aromatic N) is 4. The molecule has 13 nitrogen and oxygen atoms in total. The Morgan fingerprint density at radius 2 is 1.69 bits per heavy atom. The number of rotatable bonds is 9. The number of nitrogens with one attached hydrogen (secondary N) is 3. The summed E-state index contributed by atoms with van der Waals surface area (Å²) >= 11 is 0. The lowest BCUT2D eigenvalue weighted by atomic mass is 9.83. The average Bonchev–Trinajstić information content (AvgIpc) is 3.68. The van der Waals surface area contributed by atoms with Crippen LogP contribution in [0.3, 0.4) is 0 Å². The topological polar surface area (TPSA) is 149 Å². The number of piperidine rings is 1. The number of anilines is 1. The van der Waals surface area contributed by atoms with E-state index in [2.05, 4.69) is 84.7 Å². The number of carbonyl (C=O) groups is 4. The number of pyridine rings is 1. The van der Waals surface area contributed by atoms with E-state index in [0.717, 1.165) is 74.4 Å². The van der Waals surface area contributed by atoms with E-state index < -0.39 is 41.5 Å². The molecule has 5 aromatic rings. The van der Waals surface area contributed by atoms with Crippen LogP contribution >= 0.6 is 0 Å². The Balaban J connectivity index is 1.17. The summed E-state index contributed by atoms with van der Waals surface area (Å²) in [4.78, 5) is 69.1. The first-order valence-electron chi connectivity index (χ1n) is 24.1. The van der Waals surface area contributed by atoms with Crippen LogP contribution in [0.15, 0.2) is 85.1 Å². The second-order valence-corrected chi connectivity index (χ2v) is 20.1. The van der Waals surface area contributed by atoms with E-state index in [0.29, 0.717) is 25.8 Å². The molecular formula is C54H67N7O6. The monoisotopic (exact) mass is 910 g/mol. The predicted octanol–water partition coefficient (Wildman–Crippen LogP) is 8.95. The van der Waals surface area contributed by atoms with Crippen LogP contribution in [0.1, 0.15) is 102 Å². The van der Waals surface area contributed by atoms with E-state index in [4.69, 9.17) is 14.5 Å². The van der Waals surface area contributed by atoms with Crippen LogP contribution in [-0.4, -0.2) is 95.2 Å². The first kappa shape index (κ1) is 47.3. The van der Waals surface area contributed by atoms with Gasteiger partial charge in [0, 0.05) is 55.0 Å². The van der Waals surface area contributed by atoms with Crippen molar-refractivity contribution in [2.75, 3.05) is 38.2 Å². The van der Waals surface area contributed by atoms with Crippen molar-refractivity contribution in [2.24, 2.45) is 11.3 Å². The van der Waals surface area contributed by atoms with E-state index in [1.807, 2.05) is 62.5 Å². The Morgan fingerprint density at radius 3 is 2.43 bits per heavy atom. The standard InChI is InChI=1S/C54H67N7O6/c1-34(2)47-42(29-40(31-55-47)60-23-12-9-13-24-60)48-43-30-54(5,6)33-67-52(64)45-20-15-25-61(58-45)51(63)46(27-37-18-14-19-38(26-37)39-21-22-44(56-48)41(43)28-39)57-50(62)49(35(3)4)59(7)53(65)66-32-36-16-10-8-11-17-36/h8,10-11,14,16-19,21-22,26,28-29,31,34-35,45-46,49,56,58H,9,12-13,15,20,23-25,27,30,32-33H2,1-7H3,(H,57,62)/t45-,46-,49-/m0/s1. The van der Waals surface area contributed by atoms with Crippen LogP contribution in [0.4, 0.5) is 10.5 Å². The Labute approximate surface area is 395 Å². The molecule has 2 fully saturated rings. The lowest BCUT2D eigenvalue weighted by molar-refractivity contribution is -0.155. The fourth-order valence-corrected chi connectivity index (χ4v) is 9.92. The van der Waals surface area contributed by atoms with Crippen LogP contribution in [0, 0.1) is 11.3 Å². The van der Waals surface area contributed by atoms with Crippen LogP contribution in [0.25, 0.3) is 33.3 Å². The number of hydrazine groups is 1. The highest BCUT2D eigenvalue weighted by atomic mass is 16.6. The van der Waals surface area contributed by atoms with Crippen LogP contribution in [0.5, 0.6) is 0 Å². The second-order valence-electron chi connectivity index (χ2n) is 20.1. The van der Waals surface area contributed by atoms with Crippen molar-refractivity contribution in [3.05, 3.63) is 107 Å². The maximum absolute atomic E-state index is 14.7. The highest BCUT2D eigenvalue weighted by molar-refractivity contribution is 5.95. The maximum atomic E-state index is 14.7. The minimum absolute atomic E-state index is 0.0540. The van der Waals surface area contributed by atoms with Crippen molar-refractivity contribution >= 4 is 40.5 Å². The molecule has 3 aromatic carbocycles. The average molecular weight is 910 g/mol. The van der Waals surface area contributed by atoms with Gasteiger partial charge in [0.2, 0.25) is 5.91 Å². The number of carbonyl (C=O) groups excluding carboxylic acids is 4. The van der Waals surface area contributed by atoms with Crippen LogP contribution in [0.2, 0.25) is 0 Å². The minimum Gasteiger partial charge on any atom is -0.464 e. The van der Waals surface area contributed by atoms with Gasteiger partial charge in [0.1, 0.15) is 24.7 Å². The number of H-pyrrole nitrogens is 1. The maximum Gasteiger partial charge on any atom is 0.410 e. The Hall–Kier alpha value is -6.21. The number of amides is 3. The van der Waals surface area contributed by atoms with Gasteiger partial charge >= 0.3 is 12.1 Å². The number of benzene rings is 3. The summed E-state index contributed by atoms with van der Waals surface area (Å²) in [6.45, 7) is 14.9. The van der Waals surface area contributed by atoms with Crippen molar-refractivity contribution in [3.8, 4) is 22.4 Å². The number of cyclic esters (lactones) is 1. The summed E-state index contributed by atoms with van der Waals surface area (Å²) in [5.41, 5.74) is 12.7. The van der Waals surface area contributed by atoms with E-state index in [9.17, 15) is 19.2 Å². The van der Waals surface area contributed by atoms with E-state index >= 15 is 0 Å². The summed E-state index contributed by atoms with van der Waals surface area (Å²) < 4.78 is 11.8. The highest BCUT2D eigenvalue weighted by Gasteiger charge is 2.38. The first-order chi connectivity index (χ1) is 32.2. The van der Waals surface area contributed by atoms with Gasteiger partial charge in [-0.1, -0.05) is 102 Å². The zero-order valence-electron chi connectivity index (χ0n) is 40.2. The highest BCUT2D eigenvalue weighted by Crippen LogP contribution is 2.41. The third kappa shape index (κ3) is 10.8. The molecule has 2 saturated heterocycles. The normalized spacial score (nSPS) is 19.5. The number of aromatic nitrogens is 2. The lowest BCUT2D eigenvalue weighted by Crippen LogP contribution is -2.62. The number of esters is 1. The molecule has 67 heavy (non-hydrogen) atoms. The molecule has 2 aromatic heterocycles. The molecule has 354 valence electrons. The smallest absolute Gasteiger partial charge is 0.410 e. The third-order valence-electron chi connectivity index (χ3n) is 13.5. The number of fused-ring (bicyclic) bond motifs is 6. The Kier molecular flexibility index (Phi) is 14.4. The van der Waals surface area contributed by atoms with Crippen molar-refractivity contribution in [3.63, 3.8) is 0 Å². The summed E-state index contributed by atoms with van der Waals surface area (Å²) in [5, 5.41) is 5.57. The summed E-state index contributed by atoms with van der Waals surface area (Å²) in [6.07, 6.45) is 6.78. The number of ether oxygens (including phenoxy) is 2. The quantitative estimate of drug-likeness (QED) is 0.123. The van der Waals surface area contributed by atoms with E-state index in [1.54, 1.807) is 7.05 Å². The van der Waals surface area contributed by atoms with Gasteiger partial charge in [0.05, 0.1) is 29.9 Å². The van der Waals surface area contributed by atoms with Crippen LogP contribution < -0.4 is 15.6 Å². The molecule has 0 aliphatic carbocycles. The Morgan fingerprint density at radius 1 is 0.925 bits per heavy atom. The van der Waals surface area contributed by atoms with Crippen LogP contribution in [-0.2, 0) is 43.3 Å². The molecule has 3 amide bonds. The zero-order chi connectivity index (χ0) is 47.4. The van der Waals surface area contributed by atoms with Gasteiger partial charge in [0.15, 0.2) is 0 Å². The van der Waals surface area contributed by atoms with Crippen molar-refractivity contribution in [1.29, 1.82) is 0 Å². The molecule has 0 saturated carbocycles. The number of hydrogen-bond donors (Lipinski definition) is 3. The van der Waals surface area contributed by atoms with Crippen molar-refractivity contribution < 1.29 is 28.7 Å². The van der Waals surface area contributed by atoms with Gasteiger partial charge in [0.25, 0.3) is 5.91 Å². The first-order valence-corrected chi connectivity index (χ1v) is 24.1. The van der Waals surface area contributed by atoms with Crippen molar-refractivity contribution in [2.45, 2.75) is 117 Å². The molecule has 8 rings (SSSR count). The summed E-state index contributed by atoms with van der Waals surface area (Å²) in [6, 6.07) is 23.5. The molecule has 5 heterocycles. The minimum atomic E-state index is -1.04. The molecule has 0 spiro atoms.